The number of nitrogens with zero attached hydrogens (tertiary/aromatic N) is 6. The van der Waals surface area contributed by atoms with Crippen molar-refractivity contribution >= 4 is 22.9 Å². The van der Waals surface area contributed by atoms with E-state index in [0.29, 0.717) is 55.4 Å². The van der Waals surface area contributed by atoms with Gasteiger partial charge in [0.05, 0.1) is 11.5 Å². The van der Waals surface area contributed by atoms with Crippen molar-refractivity contribution in [2.45, 2.75) is 31.1 Å². The van der Waals surface area contributed by atoms with Crippen molar-refractivity contribution < 1.29 is 4.79 Å². The molecule has 1 saturated carbocycles. The molecule has 31 heavy (non-hydrogen) atoms. The molecule has 5 rings (SSSR count). The van der Waals surface area contributed by atoms with Gasteiger partial charge >= 0.3 is 0 Å². The minimum atomic E-state index is -0.484. The number of fused-ring (bicyclic) bond motifs is 1. The summed E-state index contributed by atoms with van der Waals surface area (Å²) < 4.78 is 1.73. The molecule has 2 aromatic heterocycles. The summed E-state index contributed by atoms with van der Waals surface area (Å²) in [4.78, 5) is 28.3. The van der Waals surface area contributed by atoms with Crippen LogP contribution in [0.15, 0.2) is 36.7 Å². The third-order valence-corrected chi connectivity index (χ3v) is 6.54. The van der Waals surface area contributed by atoms with Crippen LogP contribution in [0.2, 0.25) is 0 Å². The number of rotatable bonds is 5. The zero-order valence-corrected chi connectivity index (χ0v) is 17.6. The van der Waals surface area contributed by atoms with Crippen LogP contribution in [0.1, 0.15) is 41.9 Å². The highest BCUT2D eigenvalue weighted by molar-refractivity contribution is 5.96. The molecule has 2 aliphatic rings. The van der Waals surface area contributed by atoms with Gasteiger partial charge in [-0.05, 0) is 37.2 Å². The van der Waals surface area contributed by atoms with Crippen LogP contribution in [-0.4, -0.2) is 45.1 Å². The average molecular weight is 416 g/mol. The first-order valence-corrected chi connectivity index (χ1v) is 10.8. The second-order valence-electron chi connectivity index (χ2n) is 8.56. The molecule has 0 spiro atoms. The molecule has 1 aromatic carbocycles. The Bertz CT molecular complexity index is 1150. The van der Waals surface area contributed by atoms with Gasteiger partial charge in [0.2, 0.25) is 5.82 Å². The Kier molecular flexibility index (Phi) is 4.81. The van der Waals surface area contributed by atoms with Crippen molar-refractivity contribution in [3.63, 3.8) is 0 Å². The minimum absolute atomic E-state index is 0.176. The van der Waals surface area contributed by atoms with Crippen molar-refractivity contribution in [3.05, 3.63) is 48.0 Å². The van der Waals surface area contributed by atoms with Crippen molar-refractivity contribution in [2.24, 2.45) is 13.0 Å². The topological polar surface area (TPSA) is 99.7 Å². The fourth-order valence-corrected chi connectivity index (χ4v) is 4.38. The SMILES string of the molecule is Cn1c(C(=O)NCC2CC2)nc2c(N3CCC(C#N)(c4ccccc4)CC3)ncnc21. The highest BCUT2D eigenvalue weighted by Crippen LogP contribution is 2.37. The molecule has 1 N–H and O–H groups in total. The Morgan fingerprint density at radius 1 is 1.23 bits per heavy atom. The van der Waals surface area contributed by atoms with Crippen molar-refractivity contribution in [1.82, 2.24) is 24.8 Å². The molecule has 1 saturated heterocycles. The highest BCUT2D eigenvalue weighted by Gasteiger charge is 2.37. The summed E-state index contributed by atoms with van der Waals surface area (Å²) >= 11 is 0. The first kappa shape index (κ1) is 19.5. The van der Waals surface area contributed by atoms with Crippen LogP contribution in [0.25, 0.3) is 11.2 Å². The molecule has 1 aliphatic heterocycles. The number of amides is 1. The smallest absolute Gasteiger partial charge is 0.287 e. The molecule has 0 radical (unpaired) electrons. The number of nitriles is 1. The van der Waals surface area contributed by atoms with E-state index in [1.54, 1.807) is 4.57 Å². The molecule has 0 unspecified atom stereocenters. The lowest BCUT2D eigenvalue weighted by Crippen LogP contribution is -2.42. The Hall–Kier alpha value is -3.47. The summed E-state index contributed by atoms with van der Waals surface area (Å²) in [5.74, 6) is 1.50. The molecule has 1 aliphatic carbocycles. The van der Waals surface area contributed by atoms with E-state index in [1.807, 2.05) is 37.4 Å². The van der Waals surface area contributed by atoms with Gasteiger partial charge in [0.15, 0.2) is 17.0 Å². The molecule has 8 nitrogen and oxygen atoms in total. The molecule has 0 atom stereocenters. The number of carbonyl (C=O) groups excluding carboxylic acids is 1. The zero-order valence-electron chi connectivity index (χ0n) is 17.6. The third kappa shape index (κ3) is 3.50. The van der Waals surface area contributed by atoms with Crippen LogP contribution >= 0.6 is 0 Å². The molecule has 3 aromatic rings. The molecule has 2 fully saturated rings. The predicted octanol–water partition coefficient (Wildman–Crippen LogP) is 2.56. The summed E-state index contributed by atoms with van der Waals surface area (Å²) in [6, 6.07) is 12.6. The lowest BCUT2D eigenvalue weighted by molar-refractivity contribution is 0.0939. The molecule has 1 amide bonds. The van der Waals surface area contributed by atoms with Crippen molar-refractivity contribution in [1.29, 1.82) is 5.26 Å². The second kappa shape index (κ2) is 7.65. The van der Waals surface area contributed by atoms with E-state index in [4.69, 9.17) is 0 Å². The van der Waals surface area contributed by atoms with Gasteiger partial charge in [-0.3, -0.25) is 4.79 Å². The number of hydrogen-bond acceptors (Lipinski definition) is 6. The first-order chi connectivity index (χ1) is 15.1. The molecule has 8 heteroatoms. The maximum Gasteiger partial charge on any atom is 0.287 e. The van der Waals surface area contributed by atoms with Crippen LogP contribution in [0.3, 0.4) is 0 Å². The number of anilines is 1. The van der Waals surface area contributed by atoms with E-state index in [2.05, 4.69) is 31.2 Å². The lowest BCUT2D eigenvalue weighted by atomic mass is 9.74. The Labute approximate surface area is 180 Å². The summed E-state index contributed by atoms with van der Waals surface area (Å²) in [5.41, 5.74) is 1.85. The number of aromatic nitrogens is 4. The number of benzene rings is 1. The minimum Gasteiger partial charge on any atom is -0.355 e. The average Bonchev–Trinajstić information content (AvgIpc) is 3.60. The third-order valence-electron chi connectivity index (χ3n) is 6.54. The fourth-order valence-electron chi connectivity index (χ4n) is 4.38. The summed E-state index contributed by atoms with van der Waals surface area (Å²) in [6.45, 7) is 2.07. The quantitative estimate of drug-likeness (QED) is 0.687. The Morgan fingerprint density at radius 2 is 1.97 bits per heavy atom. The Morgan fingerprint density at radius 3 is 2.65 bits per heavy atom. The van der Waals surface area contributed by atoms with Gasteiger partial charge in [-0.15, -0.1) is 0 Å². The van der Waals surface area contributed by atoms with E-state index in [1.165, 1.54) is 19.2 Å². The zero-order chi connectivity index (χ0) is 21.4. The van der Waals surface area contributed by atoms with Crippen molar-refractivity contribution in [3.8, 4) is 6.07 Å². The van der Waals surface area contributed by atoms with Gasteiger partial charge in [-0.2, -0.15) is 5.26 Å². The maximum absolute atomic E-state index is 12.6. The van der Waals surface area contributed by atoms with Gasteiger partial charge in [-0.1, -0.05) is 30.3 Å². The maximum atomic E-state index is 12.6. The number of imidazole rings is 1. The largest absolute Gasteiger partial charge is 0.355 e. The second-order valence-corrected chi connectivity index (χ2v) is 8.56. The Balaban J connectivity index is 1.40. The molecule has 3 heterocycles. The monoisotopic (exact) mass is 415 g/mol. The van der Waals surface area contributed by atoms with Gasteiger partial charge < -0.3 is 14.8 Å². The van der Waals surface area contributed by atoms with Crippen LogP contribution in [0, 0.1) is 17.2 Å². The fraction of sp³-hybridized carbons (Fsp3) is 0.435. The molecular formula is C23H25N7O. The number of nitrogens with one attached hydrogen (secondary N) is 1. The standard InChI is InChI=1S/C23H25N7O/c1-29-19-18(28-21(29)22(31)25-13-16-7-8-16)20(27-15-26-19)30-11-9-23(14-24,10-12-30)17-5-3-2-4-6-17/h2-6,15-16H,7-13H2,1H3,(H,25,31). The van der Waals surface area contributed by atoms with Gasteiger partial charge in [0, 0.05) is 26.7 Å². The number of carbonyl (C=O) groups is 1. The molecular weight excluding hydrogens is 390 g/mol. The van der Waals surface area contributed by atoms with Crippen LogP contribution in [-0.2, 0) is 12.5 Å². The highest BCUT2D eigenvalue weighted by atomic mass is 16.2. The van der Waals surface area contributed by atoms with E-state index in [0.717, 1.165) is 11.4 Å². The predicted molar refractivity (Wildman–Crippen MR) is 117 cm³/mol. The summed E-state index contributed by atoms with van der Waals surface area (Å²) in [7, 11) is 1.81. The summed E-state index contributed by atoms with van der Waals surface area (Å²) in [6.07, 6.45) is 5.30. The van der Waals surface area contributed by atoms with Gasteiger partial charge in [0.1, 0.15) is 6.33 Å². The first-order valence-electron chi connectivity index (χ1n) is 10.8. The van der Waals surface area contributed by atoms with E-state index < -0.39 is 5.41 Å². The van der Waals surface area contributed by atoms with Gasteiger partial charge in [0.25, 0.3) is 5.91 Å². The van der Waals surface area contributed by atoms with E-state index in [9.17, 15) is 10.1 Å². The van der Waals surface area contributed by atoms with Gasteiger partial charge in [-0.25, -0.2) is 15.0 Å². The lowest BCUT2D eigenvalue weighted by Gasteiger charge is -2.38. The van der Waals surface area contributed by atoms with E-state index in [-0.39, 0.29) is 5.91 Å². The van der Waals surface area contributed by atoms with Crippen LogP contribution in [0.5, 0.6) is 0 Å². The summed E-state index contributed by atoms with van der Waals surface area (Å²) in [5, 5.41) is 12.9. The number of hydrogen-bond donors (Lipinski definition) is 1. The van der Waals surface area contributed by atoms with Crippen molar-refractivity contribution in [2.75, 3.05) is 24.5 Å². The number of piperidine rings is 1. The van der Waals surface area contributed by atoms with Crippen LogP contribution in [0.4, 0.5) is 5.82 Å². The van der Waals surface area contributed by atoms with Crippen LogP contribution < -0.4 is 10.2 Å². The molecule has 158 valence electrons. The molecule has 0 bridgehead atoms. The van der Waals surface area contributed by atoms with E-state index >= 15 is 0 Å². The number of aryl methyl sites for hydroxylation is 1. The normalized spacial score (nSPS) is 18.0.